The van der Waals surface area contributed by atoms with Crippen molar-refractivity contribution < 1.29 is 22.8 Å². The van der Waals surface area contributed by atoms with Gasteiger partial charge in [0, 0.05) is 11.8 Å². The summed E-state index contributed by atoms with van der Waals surface area (Å²) in [4.78, 5) is 17.0. The van der Waals surface area contributed by atoms with Crippen LogP contribution in [0.3, 0.4) is 0 Å². The van der Waals surface area contributed by atoms with Crippen molar-refractivity contribution in [3.8, 4) is 22.7 Å². The third-order valence-corrected chi connectivity index (χ3v) is 5.16. The second kappa shape index (κ2) is 7.83. The van der Waals surface area contributed by atoms with Crippen molar-refractivity contribution in [1.82, 2.24) is 15.3 Å². The first kappa shape index (κ1) is 19.6. The first-order valence-electron chi connectivity index (χ1n) is 8.22. The van der Waals surface area contributed by atoms with Gasteiger partial charge in [0.15, 0.2) is 15.5 Å². The number of hydrogen-bond donors (Lipinski definition) is 1. The number of amides is 1. The summed E-state index contributed by atoms with van der Waals surface area (Å²) < 4.78 is 30.1. The molecule has 1 amide bonds. The van der Waals surface area contributed by atoms with Crippen molar-refractivity contribution in [2.24, 2.45) is 0 Å². The Bertz CT molecular complexity index is 1090. The van der Waals surface area contributed by atoms with Crippen molar-refractivity contribution in [3.63, 3.8) is 0 Å². The van der Waals surface area contributed by atoms with Gasteiger partial charge in [-0.3, -0.25) is 9.63 Å². The van der Waals surface area contributed by atoms with Gasteiger partial charge in [0.1, 0.15) is 5.75 Å². The molecule has 0 bridgehead atoms. The van der Waals surface area contributed by atoms with E-state index in [0.29, 0.717) is 17.1 Å². The molecule has 0 fully saturated rings. The van der Waals surface area contributed by atoms with E-state index in [2.05, 4.69) is 15.4 Å². The summed E-state index contributed by atoms with van der Waals surface area (Å²) in [5.41, 5.74) is 4.45. The Balaban J connectivity index is 2.11. The highest BCUT2D eigenvalue weighted by atomic mass is 32.2. The molecule has 9 heteroatoms. The number of ether oxygens (including phenoxy) is 1. The molecule has 0 unspecified atom stereocenters. The minimum absolute atomic E-state index is 0.153. The number of nitrogens with zero attached hydrogens (tertiary/aromatic N) is 2. The van der Waals surface area contributed by atoms with Crippen LogP contribution >= 0.6 is 0 Å². The van der Waals surface area contributed by atoms with E-state index in [1.807, 2.05) is 12.1 Å². The van der Waals surface area contributed by atoms with Crippen molar-refractivity contribution >= 4 is 15.7 Å². The van der Waals surface area contributed by atoms with E-state index in [1.54, 1.807) is 42.1 Å². The molecule has 0 spiro atoms. The SMILES string of the molecule is CONC(=O)c1cc(-c2ccc(OC)cc2)n(-c2ccc(S(C)(=O)=O)cc2)n1. The maximum Gasteiger partial charge on any atom is 0.295 e. The van der Waals surface area contributed by atoms with Crippen LogP contribution in [0.15, 0.2) is 59.5 Å². The van der Waals surface area contributed by atoms with Crippen LogP contribution in [0.5, 0.6) is 5.75 Å². The maximum atomic E-state index is 12.1. The quantitative estimate of drug-likeness (QED) is 0.636. The number of methoxy groups -OCH3 is 1. The zero-order valence-electron chi connectivity index (χ0n) is 15.5. The normalized spacial score (nSPS) is 11.2. The summed E-state index contributed by atoms with van der Waals surface area (Å²) in [6.07, 6.45) is 1.14. The maximum absolute atomic E-state index is 12.1. The number of sulfone groups is 1. The van der Waals surface area contributed by atoms with Gasteiger partial charge in [-0.25, -0.2) is 18.6 Å². The van der Waals surface area contributed by atoms with Gasteiger partial charge in [-0.15, -0.1) is 0 Å². The third-order valence-electron chi connectivity index (χ3n) is 4.03. The predicted molar refractivity (Wildman–Crippen MR) is 103 cm³/mol. The zero-order chi connectivity index (χ0) is 20.3. The lowest BCUT2D eigenvalue weighted by Gasteiger charge is -2.09. The number of rotatable bonds is 6. The van der Waals surface area contributed by atoms with Gasteiger partial charge in [-0.2, -0.15) is 5.10 Å². The summed E-state index contributed by atoms with van der Waals surface area (Å²) in [6, 6.07) is 15.2. The molecule has 0 atom stereocenters. The Labute approximate surface area is 162 Å². The molecule has 2 aromatic carbocycles. The molecule has 0 radical (unpaired) electrons. The van der Waals surface area contributed by atoms with E-state index in [9.17, 15) is 13.2 Å². The van der Waals surface area contributed by atoms with Crippen molar-refractivity contribution in [1.29, 1.82) is 0 Å². The monoisotopic (exact) mass is 401 g/mol. The Hall–Kier alpha value is -3.17. The molecular formula is C19H19N3O5S. The van der Waals surface area contributed by atoms with Crippen LogP contribution in [0, 0.1) is 0 Å². The van der Waals surface area contributed by atoms with E-state index in [-0.39, 0.29) is 10.6 Å². The van der Waals surface area contributed by atoms with Crippen molar-refractivity contribution in [2.45, 2.75) is 4.90 Å². The topological polar surface area (TPSA) is 99.5 Å². The van der Waals surface area contributed by atoms with E-state index in [0.717, 1.165) is 11.8 Å². The molecule has 0 saturated heterocycles. The van der Waals surface area contributed by atoms with E-state index >= 15 is 0 Å². The van der Waals surface area contributed by atoms with Crippen LogP contribution in [0.25, 0.3) is 16.9 Å². The summed E-state index contributed by atoms with van der Waals surface area (Å²) in [5.74, 6) is 0.202. The molecule has 0 aliphatic carbocycles. The van der Waals surface area contributed by atoms with Gasteiger partial charge >= 0.3 is 0 Å². The number of aromatic nitrogens is 2. The number of benzene rings is 2. The lowest BCUT2D eigenvalue weighted by Crippen LogP contribution is -2.22. The second-order valence-corrected chi connectivity index (χ2v) is 7.97. The number of hydrogen-bond acceptors (Lipinski definition) is 6. The second-order valence-electron chi connectivity index (χ2n) is 5.96. The van der Waals surface area contributed by atoms with Crippen LogP contribution in [0.4, 0.5) is 0 Å². The van der Waals surface area contributed by atoms with E-state index in [4.69, 9.17) is 4.74 Å². The molecule has 8 nitrogen and oxygen atoms in total. The van der Waals surface area contributed by atoms with Gasteiger partial charge in [0.2, 0.25) is 0 Å². The number of carbonyl (C=O) groups excluding carboxylic acids is 1. The Morgan fingerprint density at radius 2 is 1.68 bits per heavy atom. The molecule has 28 heavy (non-hydrogen) atoms. The molecule has 3 aromatic rings. The summed E-state index contributed by atoms with van der Waals surface area (Å²) in [6.45, 7) is 0. The third kappa shape index (κ3) is 4.05. The van der Waals surface area contributed by atoms with Gasteiger partial charge in [-0.1, -0.05) is 0 Å². The first-order valence-corrected chi connectivity index (χ1v) is 10.1. The van der Waals surface area contributed by atoms with Gasteiger partial charge in [-0.05, 0) is 54.6 Å². The van der Waals surface area contributed by atoms with Crippen molar-refractivity contribution in [2.75, 3.05) is 20.5 Å². The van der Waals surface area contributed by atoms with Crippen LogP contribution in [-0.2, 0) is 14.7 Å². The lowest BCUT2D eigenvalue weighted by molar-refractivity contribution is 0.0532. The van der Waals surface area contributed by atoms with Crippen LogP contribution in [-0.4, -0.2) is 44.6 Å². The smallest absolute Gasteiger partial charge is 0.295 e. The molecule has 0 aliphatic heterocycles. The molecule has 0 saturated carbocycles. The molecule has 1 heterocycles. The largest absolute Gasteiger partial charge is 0.497 e. The average Bonchev–Trinajstić information content (AvgIpc) is 3.13. The number of carbonyl (C=O) groups is 1. The van der Waals surface area contributed by atoms with Gasteiger partial charge in [0.25, 0.3) is 5.91 Å². The standard InChI is InChI=1S/C19H19N3O5S/c1-26-15-8-4-13(5-9-15)18-12-17(19(23)21-27-2)20-22(18)14-6-10-16(11-7-14)28(3,24)25/h4-12H,1-3H3,(H,21,23). The van der Waals surface area contributed by atoms with E-state index < -0.39 is 15.7 Å². The molecular weight excluding hydrogens is 382 g/mol. The molecule has 1 aromatic heterocycles. The van der Waals surface area contributed by atoms with Gasteiger partial charge in [0.05, 0.1) is 30.5 Å². The number of nitrogens with one attached hydrogen (secondary N) is 1. The fraction of sp³-hybridized carbons (Fsp3) is 0.158. The fourth-order valence-electron chi connectivity index (χ4n) is 2.64. The summed E-state index contributed by atoms with van der Waals surface area (Å²) in [5, 5.41) is 4.35. The molecule has 146 valence electrons. The summed E-state index contributed by atoms with van der Waals surface area (Å²) >= 11 is 0. The van der Waals surface area contributed by atoms with Crippen LogP contribution in [0.1, 0.15) is 10.5 Å². The predicted octanol–water partition coefficient (Wildman–Crippen LogP) is 2.24. The van der Waals surface area contributed by atoms with E-state index in [1.165, 1.54) is 19.2 Å². The molecule has 1 N–H and O–H groups in total. The zero-order valence-corrected chi connectivity index (χ0v) is 16.4. The summed E-state index contributed by atoms with van der Waals surface area (Å²) in [7, 11) is -0.396. The minimum Gasteiger partial charge on any atom is -0.497 e. The highest BCUT2D eigenvalue weighted by molar-refractivity contribution is 7.90. The fourth-order valence-corrected chi connectivity index (χ4v) is 3.27. The first-order chi connectivity index (χ1) is 13.3. The van der Waals surface area contributed by atoms with Crippen LogP contribution < -0.4 is 10.2 Å². The highest BCUT2D eigenvalue weighted by Gasteiger charge is 2.17. The van der Waals surface area contributed by atoms with Crippen molar-refractivity contribution in [3.05, 3.63) is 60.3 Å². The average molecular weight is 401 g/mol. The Morgan fingerprint density at radius 1 is 1.04 bits per heavy atom. The Kier molecular flexibility index (Phi) is 5.48. The molecule has 3 rings (SSSR count). The minimum atomic E-state index is -3.31. The van der Waals surface area contributed by atoms with Crippen LogP contribution in [0.2, 0.25) is 0 Å². The number of hydroxylamine groups is 1. The lowest BCUT2D eigenvalue weighted by atomic mass is 10.1. The van der Waals surface area contributed by atoms with Gasteiger partial charge < -0.3 is 4.74 Å². The Morgan fingerprint density at radius 3 is 2.21 bits per heavy atom. The highest BCUT2D eigenvalue weighted by Crippen LogP contribution is 2.26. The molecule has 0 aliphatic rings.